The summed E-state index contributed by atoms with van der Waals surface area (Å²) in [6.07, 6.45) is 1.32. The van der Waals surface area contributed by atoms with Gasteiger partial charge in [-0.15, -0.1) is 0 Å². The summed E-state index contributed by atoms with van der Waals surface area (Å²) >= 11 is 11.9. The van der Waals surface area contributed by atoms with Gasteiger partial charge in [0.25, 0.3) is 0 Å². The maximum atomic E-state index is 12.9. The quantitative estimate of drug-likeness (QED) is 0.529. The van der Waals surface area contributed by atoms with Crippen molar-refractivity contribution < 1.29 is 13.2 Å². The zero-order chi connectivity index (χ0) is 24.0. The summed E-state index contributed by atoms with van der Waals surface area (Å²) < 4.78 is 27.3. The molecular formula is C24H31Cl2N3O3S. The first-order valence-electron chi connectivity index (χ1n) is 11.3. The van der Waals surface area contributed by atoms with Crippen LogP contribution in [0.5, 0.6) is 0 Å². The number of carbonyl (C=O) groups is 1. The zero-order valence-electron chi connectivity index (χ0n) is 19.1. The van der Waals surface area contributed by atoms with Crippen LogP contribution in [0.4, 0.5) is 5.69 Å². The van der Waals surface area contributed by atoms with Gasteiger partial charge in [-0.2, -0.15) is 0 Å². The molecule has 2 aromatic rings. The smallest absolute Gasteiger partial charge is 0.224 e. The fourth-order valence-electron chi connectivity index (χ4n) is 4.09. The molecule has 0 aromatic heterocycles. The molecule has 0 saturated carbocycles. The first-order chi connectivity index (χ1) is 15.7. The number of piperidine rings is 1. The van der Waals surface area contributed by atoms with Crippen LogP contribution in [0.3, 0.4) is 0 Å². The molecule has 6 nitrogen and oxygen atoms in total. The molecule has 33 heavy (non-hydrogen) atoms. The Morgan fingerprint density at radius 2 is 1.73 bits per heavy atom. The Hall–Kier alpha value is -1.80. The summed E-state index contributed by atoms with van der Waals surface area (Å²) in [7, 11) is -3.57. The van der Waals surface area contributed by atoms with E-state index in [0.29, 0.717) is 41.5 Å². The van der Waals surface area contributed by atoms with E-state index in [1.165, 1.54) is 4.31 Å². The molecule has 1 heterocycles. The minimum Gasteiger partial charge on any atom is -0.372 e. The number of sulfonamides is 1. The van der Waals surface area contributed by atoms with Gasteiger partial charge >= 0.3 is 0 Å². The molecule has 3 rings (SSSR count). The monoisotopic (exact) mass is 511 g/mol. The molecule has 180 valence electrons. The molecule has 1 aliphatic rings. The third-order valence-electron chi connectivity index (χ3n) is 6.01. The number of amides is 1. The van der Waals surface area contributed by atoms with Crippen molar-refractivity contribution >= 4 is 44.8 Å². The molecule has 1 saturated heterocycles. The Morgan fingerprint density at radius 3 is 2.36 bits per heavy atom. The van der Waals surface area contributed by atoms with Crippen LogP contribution in [0.25, 0.3) is 0 Å². The van der Waals surface area contributed by atoms with Gasteiger partial charge in [0.1, 0.15) is 0 Å². The van der Waals surface area contributed by atoms with Crippen molar-refractivity contribution in [2.24, 2.45) is 5.92 Å². The Kier molecular flexibility index (Phi) is 9.04. The van der Waals surface area contributed by atoms with Crippen LogP contribution in [-0.4, -0.2) is 44.8 Å². The fraction of sp³-hybridized carbons (Fsp3) is 0.458. The highest BCUT2D eigenvalue weighted by atomic mass is 35.5. The lowest BCUT2D eigenvalue weighted by Crippen LogP contribution is -2.45. The van der Waals surface area contributed by atoms with Gasteiger partial charge in [0.05, 0.1) is 21.7 Å². The Labute approximate surface area is 206 Å². The average Bonchev–Trinajstić information content (AvgIpc) is 2.81. The second-order valence-electron chi connectivity index (χ2n) is 8.26. The third-order valence-corrected chi connectivity index (χ3v) is 8.57. The van der Waals surface area contributed by atoms with Crippen LogP contribution in [0.1, 0.15) is 37.8 Å². The summed E-state index contributed by atoms with van der Waals surface area (Å²) in [6, 6.07) is 13.0. The number of benzene rings is 2. The minimum atomic E-state index is -3.57. The second kappa shape index (κ2) is 11.6. The largest absolute Gasteiger partial charge is 0.372 e. The molecule has 0 spiro atoms. The summed E-state index contributed by atoms with van der Waals surface area (Å²) in [6.45, 7) is 7.16. The number of hydrogen-bond donors (Lipinski definition) is 1. The molecule has 0 radical (unpaired) electrons. The highest BCUT2D eigenvalue weighted by Crippen LogP contribution is 2.26. The number of carbonyl (C=O) groups excluding carboxylic acids is 1. The van der Waals surface area contributed by atoms with Gasteiger partial charge in [-0.25, -0.2) is 12.7 Å². The topological polar surface area (TPSA) is 69.7 Å². The molecular weight excluding hydrogens is 481 g/mol. The number of rotatable bonds is 9. The lowest BCUT2D eigenvalue weighted by Gasteiger charge is -2.31. The lowest BCUT2D eigenvalue weighted by molar-refractivity contribution is -0.126. The highest BCUT2D eigenvalue weighted by molar-refractivity contribution is 7.88. The van der Waals surface area contributed by atoms with Crippen LogP contribution < -0.4 is 10.2 Å². The SMILES string of the molecule is CCN(CC)c1ccc(CNC(=O)C2CCCN(S(=O)(=O)Cc3ccc(Cl)c(Cl)c3)C2)cc1. The first kappa shape index (κ1) is 25.8. The van der Waals surface area contributed by atoms with E-state index in [-0.39, 0.29) is 24.1 Å². The van der Waals surface area contributed by atoms with Crippen molar-refractivity contribution in [3.05, 3.63) is 63.6 Å². The van der Waals surface area contributed by atoms with E-state index in [1.807, 2.05) is 12.1 Å². The standard InChI is InChI=1S/C24H31Cl2N3O3S/c1-3-28(4-2)21-10-7-18(8-11-21)15-27-24(30)20-6-5-13-29(16-20)33(31,32)17-19-9-12-22(25)23(26)14-19/h7-12,14,20H,3-6,13,15-17H2,1-2H3,(H,27,30). The van der Waals surface area contributed by atoms with Crippen molar-refractivity contribution in [2.75, 3.05) is 31.1 Å². The van der Waals surface area contributed by atoms with Crippen LogP contribution >= 0.6 is 23.2 Å². The maximum absolute atomic E-state index is 12.9. The zero-order valence-corrected chi connectivity index (χ0v) is 21.4. The summed E-state index contributed by atoms with van der Waals surface area (Å²) in [5.41, 5.74) is 2.74. The van der Waals surface area contributed by atoms with E-state index in [0.717, 1.165) is 24.3 Å². The Bertz CT molecular complexity index is 1060. The van der Waals surface area contributed by atoms with Crippen LogP contribution in [0.2, 0.25) is 10.0 Å². The van der Waals surface area contributed by atoms with E-state index in [1.54, 1.807) is 18.2 Å². The predicted molar refractivity (Wildman–Crippen MR) is 135 cm³/mol. The number of nitrogens with one attached hydrogen (secondary N) is 1. The van der Waals surface area contributed by atoms with Crippen molar-refractivity contribution in [2.45, 2.75) is 39.0 Å². The normalized spacial score (nSPS) is 17.0. The number of halogens is 2. The van der Waals surface area contributed by atoms with E-state index >= 15 is 0 Å². The molecule has 1 N–H and O–H groups in total. The Balaban J connectivity index is 1.56. The lowest BCUT2D eigenvalue weighted by atomic mass is 9.98. The highest BCUT2D eigenvalue weighted by Gasteiger charge is 2.32. The summed E-state index contributed by atoms with van der Waals surface area (Å²) in [5, 5.41) is 3.68. The van der Waals surface area contributed by atoms with Crippen LogP contribution in [0.15, 0.2) is 42.5 Å². The molecule has 1 unspecified atom stereocenters. The molecule has 1 amide bonds. The number of anilines is 1. The van der Waals surface area contributed by atoms with Gasteiger partial charge in [-0.05, 0) is 62.1 Å². The molecule has 1 aliphatic heterocycles. The van der Waals surface area contributed by atoms with Crippen molar-refractivity contribution in [1.29, 1.82) is 0 Å². The van der Waals surface area contributed by atoms with Crippen LogP contribution in [-0.2, 0) is 27.1 Å². The van der Waals surface area contributed by atoms with Gasteiger partial charge < -0.3 is 10.2 Å². The molecule has 2 aromatic carbocycles. The predicted octanol–water partition coefficient (Wildman–Crippen LogP) is 4.70. The van der Waals surface area contributed by atoms with Crippen molar-refractivity contribution in [1.82, 2.24) is 9.62 Å². The maximum Gasteiger partial charge on any atom is 0.224 e. The summed E-state index contributed by atoms with van der Waals surface area (Å²) in [4.78, 5) is 15.0. The average molecular weight is 513 g/mol. The first-order valence-corrected chi connectivity index (χ1v) is 13.6. The fourth-order valence-corrected chi connectivity index (χ4v) is 6.01. The number of nitrogens with zero attached hydrogens (tertiary/aromatic N) is 2. The Morgan fingerprint density at radius 1 is 1.06 bits per heavy atom. The van der Waals surface area contributed by atoms with E-state index in [4.69, 9.17) is 23.2 Å². The van der Waals surface area contributed by atoms with Gasteiger partial charge in [0.15, 0.2) is 0 Å². The van der Waals surface area contributed by atoms with E-state index in [2.05, 4.69) is 36.2 Å². The van der Waals surface area contributed by atoms with Gasteiger partial charge in [-0.3, -0.25) is 4.79 Å². The molecule has 1 atom stereocenters. The van der Waals surface area contributed by atoms with Crippen LogP contribution in [0, 0.1) is 5.92 Å². The molecule has 1 fully saturated rings. The molecule has 9 heteroatoms. The minimum absolute atomic E-state index is 0.114. The van der Waals surface area contributed by atoms with E-state index < -0.39 is 10.0 Å². The summed E-state index contributed by atoms with van der Waals surface area (Å²) in [5.74, 6) is -0.647. The molecule has 0 aliphatic carbocycles. The van der Waals surface area contributed by atoms with Crippen molar-refractivity contribution in [3.63, 3.8) is 0 Å². The third kappa shape index (κ3) is 6.85. The second-order valence-corrected chi connectivity index (χ2v) is 11.0. The molecule has 0 bridgehead atoms. The number of hydrogen-bond acceptors (Lipinski definition) is 4. The van der Waals surface area contributed by atoms with Gasteiger partial charge in [-0.1, -0.05) is 41.4 Å². The van der Waals surface area contributed by atoms with E-state index in [9.17, 15) is 13.2 Å². The van der Waals surface area contributed by atoms with Crippen molar-refractivity contribution in [3.8, 4) is 0 Å². The van der Waals surface area contributed by atoms with Gasteiger partial charge in [0.2, 0.25) is 15.9 Å². The van der Waals surface area contributed by atoms with Gasteiger partial charge in [0, 0.05) is 38.4 Å².